The van der Waals surface area contributed by atoms with Gasteiger partial charge in [-0.1, -0.05) is 205 Å². The summed E-state index contributed by atoms with van der Waals surface area (Å²) in [6.07, 6.45) is 52.6. The third-order valence-corrected chi connectivity index (χ3v) is 15.0. The fraction of sp³-hybridized carbons (Fsp3) is 0.947. The van der Waals surface area contributed by atoms with E-state index in [-0.39, 0.29) is 5.28 Å². The molecule has 7 nitrogen and oxygen atoms in total. The molecule has 2 aliphatic heterocycles. The summed E-state index contributed by atoms with van der Waals surface area (Å²) < 4.78 is 0. The Morgan fingerprint density at radius 3 is 0.815 bits per heavy atom. The number of aromatic nitrogens is 3. The van der Waals surface area contributed by atoms with Crippen LogP contribution in [0, 0.1) is 11.8 Å². The van der Waals surface area contributed by atoms with E-state index in [2.05, 4.69) is 91.6 Å². The van der Waals surface area contributed by atoms with Crippen molar-refractivity contribution < 1.29 is 0 Å². The lowest BCUT2D eigenvalue weighted by molar-refractivity contribution is 0.121. The lowest BCUT2D eigenvalue weighted by Crippen LogP contribution is -2.57. The lowest BCUT2D eigenvalue weighted by atomic mass is 9.74. The third-order valence-electron chi connectivity index (χ3n) is 14.8. The van der Waals surface area contributed by atoms with Crippen LogP contribution in [0.15, 0.2) is 0 Å². The minimum atomic E-state index is 0.259. The van der Waals surface area contributed by atoms with Gasteiger partial charge in [0.25, 0.3) is 0 Å². The fourth-order valence-electron chi connectivity index (χ4n) is 12.4. The average Bonchev–Trinajstić information content (AvgIpc) is 3.20. The van der Waals surface area contributed by atoms with E-state index in [9.17, 15) is 0 Å². The fourth-order valence-corrected chi connectivity index (χ4v) is 12.6. The summed E-state index contributed by atoms with van der Waals surface area (Å²) in [4.78, 5) is 13.2. The molecular weight excluding hydrogens is 818 g/mol. The van der Waals surface area contributed by atoms with E-state index in [1.165, 1.54) is 231 Å². The minimum absolute atomic E-state index is 0.259. The van der Waals surface area contributed by atoms with Crippen molar-refractivity contribution in [1.29, 1.82) is 0 Å². The van der Waals surface area contributed by atoms with E-state index < -0.39 is 0 Å². The maximum atomic E-state index is 6.24. The molecule has 8 heteroatoms. The van der Waals surface area contributed by atoms with Crippen molar-refractivity contribution in [3.05, 3.63) is 5.28 Å². The maximum Gasteiger partial charge on any atom is 0.228 e. The van der Waals surface area contributed by atoms with E-state index >= 15 is 0 Å². The number of unbranched alkanes of at least 4 members (excludes halogenated alkanes) is 30. The number of hydrogen-bond acceptors (Lipinski definition) is 7. The van der Waals surface area contributed by atoms with Crippen LogP contribution in [-0.4, -0.2) is 50.2 Å². The first-order valence-electron chi connectivity index (χ1n) is 28.6. The maximum absolute atomic E-state index is 6.24. The van der Waals surface area contributed by atoms with Crippen LogP contribution in [0.1, 0.15) is 299 Å². The molecule has 3 heterocycles. The molecule has 380 valence electrons. The first-order chi connectivity index (χ1) is 31.1. The largest absolute Gasteiger partial charge is 0.354 e. The van der Waals surface area contributed by atoms with Gasteiger partial charge in [-0.05, 0) is 117 Å². The highest BCUT2D eigenvalue weighted by Gasteiger charge is 2.38. The Kier molecular flexibility index (Phi) is 29.8. The summed E-state index contributed by atoms with van der Waals surface area (Å²) in [6, 6.07) is 0. The smallest absolute Gasteiger partial charge is 0.228 e. The van der Waals surface area contributed by atoms with E-state index in [1.807, 2.05) is 0 Å². The quantitative estimate of drug-likeness (QED) is 0.0488. The van der Waals surface area contributed by atoms with E-state index in [0.717, 1.165) is 37.8 Å². The second-order valence-electron chi connectivity index (χ2n) is 24.3. The molecule has 4 N–H and O–H groups in total. The van der Waals surface area contributed by atoms with Gasteiger partial charge in [-0.2, -0.15) is 15.0 Å². The van der Waals surface area contributed by atoms with Crippen LogP contribution in [0.25, 0.3) is 0 Å². The van der Waals surface area contributed by atoms with Gasteiger partial charge in [-0.3, -0.25) is 0 Å². The second-order valence-corrected chi connectivity index (χ2v) is 24.7. The van der Waals surface area contributed by atoms with Gasteiger partial charge in [-0.25, -0.2) is 0 Å². The Morgan fingerprint density at radius 2 is 0.569 bits per heavy atom. The molecule has 0 radical (unpaired) electrons. The summed E-state index contributed by atoms with van der Waals surface area (Å²) in [5.74, 6) is 2.99. The Morgan fingerprint density at radius 1 is 0.354 bits per heavy atom. The predicted octanol–water partition coefficient (Wildman–Crippen LogP) is 17.7. The van der Waals surface area contributed by atoms with Gasteiger partial charge in [0, 0.05) is 35.2 Å². The summed E-state index contributed by atoms with van der Waals surface area (Å²) in [7, 11) is 0. The number of anilines is 2. The Labute approximate surface area is 409 Å². The third kappa shape index (κ3) is 30.8. The van der Waals surface area contributed by atoms with Crippen LogP contribution in [0.5, 0.6) is 0 Å². The van der Waals surface area contributed by atoms with Crippen LogP contribution >= 0.6 is 11.6 Å². The molecule has 0 saturated carbocycles. The molecular formula is C57H110ClN7. The SMILES string of the molecule is CC1(C)CC(CCCCCCCCCCCCCCCCCCNc2nc(Cl)nc(NCCCCCCCCCCCCCCCCCCC3CC(C)(C)NC(C)(C)C3)n2)CC(C)(C)N1. The number of piperidine rings is 2. The second kappa shape index (κ2) is 33.4. The number of nitrogens with zero attached hydrogens (tertiary/aromatic N) is 3. The molecule has 1 aromatic rings. The van der Waals surface area contributed by atoms with Crippen LogP contribution in [0.4, 0.5) is 11.9 Å². The van der Waals surface area contributed by atoms with Crippen molar-refractivity contribution >= 4 is 23.5 Å². The van der Waals surface area contributed by atoms with Crippen LogP contribution in [0.3, 0.4) is 0 Å². The normalized spacial score (nSPS) is 18.3. The van der Waals surface area contributed by atoms with Crippen LogP contribution in [-0.2, 0) is 0 Å². The molecule has 2 saturated heterocycles. The van der Waals surface area contributed by atoms with Gasteiger partial charge in [0.2, 0.25) is 17.2 Å². The van der Waals surface area contributed by atoms with Crippen LogP contribution in [0.2, 0.25) is 5.28 Å². The summed E-state index contributed by atoms with van der Waals surface area (Å²) in [5.41, 5.74) is 1.19. The van der Waals surface area contributed by atoms with Gasteiger partial charge in [0.05, 0.1) is 0 Å². The monoisotopic (exact) mass is 928 g/mol. The molecule has 2 fully saturated rings. The first-order valence-corrected chi connectivity index (χ1v) is 29.0. The Bertz CT molecular complexity index is 1190. The lowest BCUT2D eigenvalue weighted by Gasteiger charge is -2.46. The van der Waals surface area contributed by atoms with Gasteiger partial charge >= 0.3 is 0 Å². The summed E-state index contributed by atoms with van der Waals surface area (Å²) in [5, 5.41) is 14.7. The molecule has 1 aromatic heterocycles. The van der Waals surface area contributed by atoms with Gasteiger partial charge < -0.3 is 21.3 Å². The molecule has 0 spiro atoms. The van der Waals surface area contributed by atoms with Crippen molar-refractivity contribution in [2.24, 2.45) is 11.8 Å². The molecule has 2 aliphatic rings. The molecule has 0 bridgehead atoms. The van der Waals surface area contributed by atoms with E-state index in [1.54, 1.807) is 0 Å². The van der Waals surface area contributed by atoms with Crippen LogP contribution < -0.4 is 21.3 Å². The standard InChI is InChI=1S/C57H110ClN7/c1-54(2)45-49(46-55(3,4)64-54)41-37-33-29-25-21-17-13-9-11-15-19-23-27-31-35-39-43-59-52-61-51(58)62-53(63-52)60-44-40-36-32-28-24-20-16-12-10-14-18-22-26-30-34-38-42-50-47-56(5,6)65-57(7,8)48-50/h49-50,64-65H,9-48H2,1-8H3,(H2,59,60,61,62,63). The van der Waals surface area contributed by atoms with Crippen molar-refractivity contribution in [2.75, 3.05) is 23.7 Å². The molecule has 3 rings (SSSR count). The van der Waals surface area contributed by atoms with Gasteiger partial charge in [0.1, 0.15) is 0 Å². The predicted molar refractivity (Wildman–Crippen MR) is 287 cm³/mol. The van der Waals surface area contributed by atoms with Crippen molar-refractivity contribution in [3.8, 4) is 0 Å². The summed E-state index contributed by atoms with van der Waals surface area (Å²) >= 11 is 6.24. The Hall–Kier alpha value is -1.18. The average molecular weight is 929 g/mol. The van der Waals surface area contributed by atoms with Gasteiger partial charge in [-0.15, -0.1) is 0 Å². The highest BCUT2D eigenvalue weighted by atomic mass is 35.5. The number of nitrogens with one attached hydrogen (secondary N) is 4. The zero-order valence-corrected chi connectivity index (χ0v) is 45.4. The van der Waals surface area contributed by atoms with Crippen molar-refractivity contribution in [3.63, 3.8) is 0 Å². The number of hydrogen-bond donors (Lipinski definition) is 4. The number of halogens is 1. The molecule has 0 aromatic carbocycles. The molecule has 65 heavy (non-hydrogen) atoms. The van der Waals surface area contributed by atoms with Gasteiger partial charge in [0.15, 0.2) is 0 Å². The topological polar surface area (TPSA) is 86.8 Å². The molecule has 0 amide bonds. The highest BCUT2D eigenvalue weighted by molar-refractivity contribution is 6.28. The van der Waals surface area contributed by atoms with E-state index in [4.69, 9.17) is 11.6 Å². The molecule has 0 atom stereocenters. The number of rotatable bonds is 40. The van der Waals surface area contributed by atoms with Crippen molar-refractivity contribution in [1.82, 2.24) is 25.6 Å². The van der Waals surface area contributed by atoms with Crippen molar-refractivity contribution in [2.45, 2.75) is 322 Å². The highest BCUT2D eigenvalue weighted by Crippen LogP contribution is 2.37. The Balaban J connectivity index is 0.999. The van der Waals surface area contributed by atoms with E-state index in [0.29, 0.717) is 34.1 Å². The first kappa shape index (κ1) is 58.1. The molecule has 0 aliphatic carbocycles. The zero-order valence-electron chi connectivity index (χ0n) is 44.7. The summed E-state index contributed by atoms with van der Waals surface area (Å²) in [6.45, 7) is 20.8. The zero-order chi connectivity index (χ0) is 47.1. The molecule has 0 unspecified atom stereocenters. The minimum Gasteiger partial charge on any atom is -0.354 e.